The smallest absolute Gasteiger partial charge is 0.355 e. The van der Waals surface area contributed by atoms with Crippen LogP contribution in [0, 0.1) is 23.7 Å². The number of rotatable bonds is 4. The zero-order valence-electron chi connectivity index (χ0n) is 19.8. The lowest BCUT2D eigenvalue weighted by Crippen LogP contribution is -2.31. The molecule has 186 valence electrons. The third-order valence-corrected chi connectivity index (χ3v) is 7.64. The number of hydrogen-bond donors (Lipinski definition) is 1. The normalized spacial score (nSPS) is 20.8. The number of H-pyrrole nitrogens is 1. The summed E-state index contributed by atoms with van der Waals surface area (Å²) in [6, 6.07) is 8.26. The number of halogens is 3. The Bertz CT molecular complexity index is 1500. The minimum atomic E-state index is -4.34. The van der Waals surface area contributed by atoms with E-state index in [-0.39, 0.29) is 11.1 Å². The predicted octanol–water partition coefficient (Wildman–Crippen LogP) is 4.15. The molecule has 3 aromatic heterocycles. The number of nitrogens with one attached hydrogen (secondary N) is 1. The number of hydrogen-bond acceptors (Lipinski definition) is 6. The van der Waals surface area contributed by atoms with Gasteiger partial charge in [-0.25, -0.2) is 9.97 Å². The zero-order chi connectivity index (χ0) is 25.1. The highest BCUT2D eigenvalue weighted by Gasteiger charge is 2.44. The number of fused-ring (bicyclic) bond motifs is 2. The molecule has 2 fully saturated rings. The second-order valence-corrected chi connectivity index (χ2v) is 10.1. The predicted molar refractivity (Wildman–Crippen MR) is 128 cm³/mol. The molecule has 6 rings (SSSR count). The summed E-state index contributed by atoms with van der Waals surface area (Å²) < 4.78 is 39.5. The number of aromatic amines is 1. The first-order valence-corrected chi connectivity index (χ1v) is 12.0. The van der Waals surface area contributed by atoms with Gasteiger partial charge in [-0.1, -0.05) is 6.07 Å². The van der Waals surface area contributed by atoms with Crippen LogP contribution in [0.15, 0.2) is 30.7 Å². The molecule has 0 bridgehead atoms. The fourth-order valence-corrected chi connectivity index (χ4v) is 5.87. The number of aryl methyl sites for hydroxylation is 1. The van der Waals surface area contributed by atoms with Crippen LogP contribution in [-0.4, -0.2) is 62.0 Å². The van der Waals surface area contributed by atoms with E-state index in [2.05, 4.69) is 48.9 Å². The number of nitriles is 1. The van der Waals surface area contributed by atoms with Gasteiger partial charge < -0.3 is 9.88 Å². The molecule has 1 aromatic carbocycles. The Morgan fingerprint density at radius 2 is 1.97 bits per heavy atom. The standard InChI is InChI=1S/C25H25F3N8/c1-16-17(2-3-21-19(16)8-18(9-29)32-21)10-34-6-4-24(12-34)5-7-35(13-24)23-20-11-36(14-25(26,27)28)33-22(20)30-15-31-23/h2-3,8,11,15,32H,4-7,10,12-14H2,1H3. The lowest BCUT2D eigenvalue weighted by Gasteiger charge is -2.25. The third kappa shape index (κ3) is 4.05. The van der Waals surface area contributed by atoms with Gasteiger partial charge in [0, 0.05) is 48.7 Å². The van der Waals surface area contributed by atoms with E-state index in [9.17, 15) is 18.4 Å². The number of alkyl halides is 3. The van der Waals surface area contributed by atoms with E-state index in [1.54, 1.807) is 0 Å². The summed E-state index contributed by atoms with van der Waals surface area (Å²) in [5, 5.41) is 14.9. The van der Waals surface area contributed by atoms with Crippen molar-refractivity contribution in [2.45, 2.75) is 39.0 Å². The van der Waals surface area contributed by atoms with Crippen molar-refractivity contribution >= 4 is 27.8 Å². The number of likely N-dealkylation sites (tertiary alicyclic amines) is 1. The van der Waals surface area contributed by atoms with E-state index in [0.717, 1.165) is 61.2 Å². The van der Waals surface area contributed by atoms with Crippen LogP contribution in [0.1, 0.15) is 29.7 Å². The maximum atomic E-state index is 12.9. The summed E-state index contributed by atoms with van der Waals surface area (Å²) in [5.74, 6) is 0.658. The van der Waals surface area contributed by atoms with Gasteiger partial charge in [0.25, 0.3) is 0 Å². The van der Waals surface area contributed by atoms with Crippen LogP contribution in [0.2, 0.25) is 0 Å². The third-order valence-electron chi connectivity index (χ3n) is 7.64. The van der Waals surface area contributed by atoms with Crippen LogP contribution in [-0.2, 0) is 13.1 Å². The van der Waals surface area contributed by atoms with Gasteiger partial charge in [-0.05, 0) is 49.6 Å². The first-order valence-electron chi connectivity index (χ1n) is 12.0. The fraction of sp³-hybridized carbons (Fsp3) is 0.440. The second kappa shape index (κ2) is 8.20. The van der Waals surface area contributed by atoms with Crippen molar-refractivity contribution in [2.75, 3.05) is 31.1 Å². The molecule has 8 nitrogen and oxygen atoms in total. The van der Waals surface area contributed by atoms with Crippen molar-refractivity contribution < 1.29 is 13.2 Å². The summed E-state index contributed by atoms with van der Waals surface area (Å²) in [6.07, 6.45) is 0.513. The Hall–Kier alpha value is -3.65. The van der Waals surface area contributed by atoms with E-state index in [1.165, 1.54) is 23.7 Å². The van der Waals surface area contributed by atoms with E-state index in [1.807, 2.05) is 12.1 Å². The Kier molecular flexibility index (Phi) is 5.19. The van der Waals surface area contributed by atoms with Gasteiger partial charge in [-0.2, -0.15) is 23.5 Å². The highest BCUT2D eigenvalue weighted by atomic mass is 19.4. The highest BCUT2D eigenvalue weighted by Crippen LogP contribution is 2.42. The fourth-order valence-electron chi connectivity index (χ4n) is 5.87. The second-order valence-electron chi connectivity index (χ2n) is 10.1. The molecule has 2 saturated heterocycles. The van der Waals surface area contributed by atoms with E-state index < -0.39 is 12.7 Å². The minimum absolute atomic E-state index is 0.124. The van der Waals surface area contributed by atoms with Crippen LogP contribution >= 0.6 is 0 Å². The van der Waals surface area contributed by atoms with Gasteiger partial charge in [0.2, 0.25) is 0 Å². The van der Waals surface area contributed by atoms with Gasteiger partial charge in [0.15, 0.2) is 5.65 Å². The van der Waals surface area contributed by atoms with Crippen LogP contribution < -0.4 is 4.90 Å². The van der Waals surface area contributed by atoms with E-state index in [4.69, 9.17) is 0 Å². The molecule has 0 radical (unpaired) electrons. The first-order chi connectivity index (χ1) is 17.2. The molecule has 5 heterocycles. The lowest BCUT2D eigenvalue weighted by molar-refractivity contribution is -0.142. The summed E-state index contributed by atoms with van der Waals surface area (Å²) >= 11 is 0. The van der Waals surface area contributed by atoms with Crippen molar-refractivity contribution in [2.24, 2.45) is 5.41 Å². The van der Waals surface area contributed by atoms with Gasteiger partial charge in [0.1, 0.15) is 30.5 Å². The monoisotopic (exact) mass is 494 g/mol. The Morgan fingerprint density at radius 3 is 2.78 bits per heavy atom. The molecule has 0 saturated carbocycles. The minimum Gasteiger partial charge on any atom is -0.355 e. The van der Waals surface area contributed by atoms with Gasteiger partial charge >= 0.3 is 6.18 Å². The Labute approximate surface area is 205 Å². The molecule has 0 amide bonds. The lowest BCUT2D eigenvalue weighted by atomic mass is 9.86. The molecular weight excluding hydrogens is 469 g/mol. The van der Waals surface area contributed by atoms with Crippen molar-refractivity contribution in [1.29, 1.82) is 5.26 Å². The Balaban J connectivity index is 1.18. The van der Waals surface area contributed by atoms with Crippen molar-refractivity contribution in [3.63, 3.8) is 0 Å². The maximum Gasteiger partial charge on any atom is 0.408 e. The van der Waals surface area contributed by atoms with Crippen molar-refractivity contribution in [3.05, 3.63) is 47.5 Å². The largest absolute Gasteiger partial charge is 0.408 e. The van der Waals surface area contributed by atoms with Crippen molar-refractivity contribution in [3.8, 4) is 6.07 Å². The molecule has 1 atom stereocenters. The Morgan fingerprint density at radius 1 is 1.14 bits per heavy atom. The summed E-state index contributed by atoms with van der Waals surface area (Å²) in [4.78, 5) is 16.3. The van der Waals surface area contributed by atoms with Crippen LogP contribution in [0.5, 0.6) is 0 Å². The van der Waals surface area contributed by atoms with Gasteiger partial charge in [-0.15, -0.1) is 0 Å². The van der Waals surface area contributed by atoms with Crippen LogP contribution in [0.4, 0.5) is 19.0 Å². The first kappa shape index (κ1) is 22.8. The molecule has 0 aliphatic carbocycles. The number of anilines is 1. The van der Waals surface area contributed by atoms with E-state index >= 15 is 0 Å². The molecule has 1 unspecified atom stereocenters. The zero-order valence-corrected chi connectivity index (χ0v) is 19.8. The topological polar surface area (TPSA) is 89.7 Å². The quantitative estimate of drug-likeness (QED) is 0.459. The number of nitrogens with zero attached hydrogens (tertiary/aromatic N) is 7. The van der Waals surface area contributed by atoms with Crippen LogP contribution in [0.3, 0.4) is 0 Å². The van der Waals surface area contributed by atoms with Crippen molar-refractivity contribution in [1.82, 2.24) is 29.6 Å². The average molecular weight is 495 g/mol. The molecule has 1 spiro atoms. The molecule has 2 aliphatic rings. The average Bonchev–Trinajstić information content (AvgIpc) is 3.60. The summed E-state index contributed by atoms with van der Waals surface area (Å²) in [7, 11) is 0. The van der Waals surface area contributed by atoms with Gasteiger partial charge in [0.05, 0.1) is 5.39 Å². The van der Waals surface area contributed by atoms with Gasteiger partial charge in [-0.3, -0.25) is 9.58 Å². The summed E-state index contributed by atoms with van der Waals surface area (Å²) in [5.41, 5.74) is 4.41. The molecule has 1 N–H and O–H groups in total. The molecule has 11 heteroatoms. The maximum absolute atomic E-state index is 12.9. The van der Waals surface area contributed by atoms with Crippen LogP contribution in [0.25, 0.3) is 21.9 Å². The SMILES string of the molecule is Cc1c(CN2CCC3(CCN(c4ncnc5nn(CC(F)(F)F)cc45)C3)C2)ccc2[nH]c(C#N)cc12. The highest BCUT2D eigenvalue weighted by molar-refractivity contribution is 5.87. The molecular formula is C25H25F3N8. The van der Waals surface area contributed by atoms with E-state index in [0.29, 0.717) is 16.9 Å². The number of benzene rings is 1. The molecule has 2 aliphatic heterocycles. The molecule has 36 heavy (non-hydrogen) atoms. The molecule has 4 aromatic rings. The summed E-state index contributed by atoms with van der Waals surface area (Å²) in [6.45, 7) is 5.36. The number of aromatic nitrogens is 5.